The Morgan fingerprint density at radius 3 is 2.49 bits per heavy atom. The molecule has 3 aromatic carbocycles. The van der Waals surface area contributed by atoms with Crippen LogP contribution in [-0.4, -0.2) is 29.0 Å². The normalized spacial score (nSPS) is 14.9. The third-order valence-electron chi connectivity index (χ3n) is 6.32. The van der Waals surface area contributed by atoms with E-state index in [0.29, 0.717) is 23.7 Å². The van der Waals surface area contributed by atoms with E-state index in [4.69, 9.17) is 16.3 Å². The molecule has 4 amide bonds. The number of aryl methyl sites for hydroxylation is 2. The molecular weight excluding hydrogens is 490 g/mol. The number of rotatable bonds is 6. The van der Waals surface area contributed by atoms with Gasteiger partial charge in [0.25, 0.3) is 11.8 Å². The molecule has 5 rings (SSSR count). The number of benzene rings is 3. The van der Waals surface area contributed by atoms with Gasteiger partial charge in [0.05, 0.1) is 12.2 Å². The number of hydrogen-bond acceptors (Lipinski definition) is 4. The van der Waals surface area contributed by atoms with Gasteiger partial charge in [0, 0.05) is 27.7 Å². The number of hydrogen-bond donors (Lipinski definition) is 1. The molecule has 1 saturated heterocycles. The van der Waals surface area contributed by atoms with Gasteiger partial charge in [0.2, 0.25) is 0 Å². The number of fused-ring (bicyclic) bond motifs is 1. The third-order valence-corrected chi connectivity index (χ3v) is 6.73. The fraction of sp³-hybridized carbons (Fsp3) is 0.138. The minimum Gasteiger partial charge on any atom is -0.491 e. The average molecular weight is 514 g/mol. The molecule has 0 aliphatic carbocycles. The number of amides is 4. The number of imide groups is 2. The van der Waals surface area contributed by atoms with Gasteiger partial charge in [-0.3, -0.25) is 14.9 Å². The van der Waals surface area contributed by atoms with Gasteiger partial charge in [-0.1, -0.05) is 54.1 Å². The first-order valence-electron chi connectivity index (χ1n) is 11.8. The predicted molar refractivity (Wildman–Crippen MR) is 144 cm³/mol. The Balaban J connectivity index is 1.46. The van der Waals surface area contributed by atoms with Crippen LogP contribution in [-0.2, 0) is 16.1 Å². The highest BCUT2D eigenvalue weighted by Gasteiger charge is 2.37. The summed E-state index contributed by atoms with van der Waals surface area (Å²) in [6.45, 7) is 4.82. The average Bonchev–Trinajstić information content (AvgIpc) is 3.22. The summed E-state index contributed by atoms with van der Waals surface area (Å²) in [5.41, 5.74) is 3.62. The van der Waals surface area contributed by atoms with Crippen molar-refractivity contribution in [1.29, 1.82) is 0 Å². The second-order valence-corrected chi connectivity index (χ2v) is 9.21. The molecule has 8 heteroatoms. The Bertz CT molecular complexity index is 1590. The SMILES string of the molecule is Cc1ccc(N2C(=O)NC(=O)C(=Cc3cn(CCOc4ccccc4C)c4ccccc34)C2=O)cc1Cl. The van der Waals surface area contributed by atoms with E-state index in [-0.39, 0.29) is 11.3 Å². The van der Waals surface area contributed by atoms with Gasteiger partial charge in [-0.25, -0.2) is 9.69 Å². The number of urea groups is 1. The summed E-state index contributed by atoms with van der Waals surface area (Å²) in [6, 6.07) is 19.6. The summed E-state index contributed by atoms with van der Waals surface area (Å²) in [7, 11) is 0. The maximum Gasteiger partial charge on any atom is 0.335 e. The van der Waals surface area contributed by atoms with Crippen molar-refractivity contribution in [2.24, 2.45) is 0 Å². The second-order valence-electron chi connectivity index (χ2n) is 8.80. The number of nitrogens with zero attached hydrogens (tertiary/aromatic N) is 2. The summed E-state index contributed by atoms with van der Waals surface area (Å²) in [5.74, 6) is -0.635. The highest BCUT2D eigenvalue weighted by atomic mass is 35.5. The highest BCUT2D eigenvalue weighted by molar-refractivity contribution is 6.39. The molecule has 0 atom stereocenters. The van der Waals surface area contributed by atoms with Gasteiger partial charge in [-0.05, 0) is 55.3 Å². The van der Waals surface area contributed by atoms with Crippen LogP contribution >= 0.6 is 11.6 Å². The molecule has 0 saturated carbocycles. The summed E-state index contributed by atoms with van der Waals surface area (Å²) < 4.78 is 7.99. The highest BCUT2D eigenvalue weighted by Crippen LogP contribution is 2.29. The summed E-state index contributed by atoms with van der Waals surface area (Å²) in [4.78, 5) is 39.6. The molecule has 0 bridgehead atoms. The molecule has 37 heavy (non-hydrogen) atoms. The fourth-order valence-corrected chi connectivity index (χ4v) is 4.49. The van der Waals surface area contributed by atoms with E-state index in [1.54, 1.807) is 12.1 Å². The van der Waals surface area contributed by atoms with Gasteiger partial charge >= 0.3 is 6.03 Å². The molecule has 7 nitrogen and oxygen atoms in total. The molecule has 1 fully saturated rings. The van der Waals surface area contributed by atoms with Crippen LogP contribution in [0.15, 0.2) is 78.5 Å². The van der Waals surface area contributed by atoms with E-state index in [1.807, 2.05) is 73.1 Å². The van der Waals surface area contributed by atoms with Gasteiger partial charge in [-0.2, -0.15) is 0 Å². The van der Waals surface area contributed by atoms with Crippen LogP contribution in [0.1, 0.15) is 16.7 Å². The van der Waals surface area contributed by atoms with E-state index in [2.05, 4.69) is 5.32 Å². The number of carbonyl (C=O) groups is 3. The van der Waals surface area contributed by atoms with Crippen molar-refractivity contribution >= 4 is 52.1 Å². The van der Waals surface area contributed by atoms with Crippen molar-refractivity contribution in [3.8, 4) is 5.75 Å². The number of nitrogens with one attached hydrogen (secondary N) is 1. The monoisotopic (exact) mass is 513 g/mol. The maximum atomic E-state index is 13.4. The molecule has 0 unspecified atom stereocenters. The number of carbonyl (C=O) groups excluding carboxylic acids is 3. The minimum atomic E-state index is -0.817. The molecule has 2 heterocycles. The standard InChI is InChI=1S/C29H24ClN3O4/c1-18-11-12-21(16-24(18)30)33-28(35)23(27(34)31-29(33)36)15-20-17-32(25-9-5-4-8-22(20)25)13-14-37-26-10-6-3-7-19(26)2/h3-12,15-17H,13-14H2,1-2H3,(H,31,34,36). The van der Waals surface area contributed by atoms with Crippen molar-refractivity contribution in [3.63, 3.8) is 0 Å². The topological polar surface area (TPSA) is 80.6 Å². The van der Waals surface area contributed by atoms with Gasteiger partial charge in [0.1, 0.15) is 17.9 Å². The Hall–Kier alpha value is -4.36. The van der Waals surface area contributed by atoms with Crippen molar-refractivity contribution in [2.75, 3.05) is 11.5 Å². The first kappa shape index (κ1) is 24.3. The van der Waals surface area contributed by atoms with Crippen LogP contribution in [0.5, 0.6) is 5.75 Å². The van der Waals surface area contributed by atoms with Crippen LogP contribution < -0.4 is 15.0 Å². The Labute approximate surface area is 218 Å². The summed E-state index contributed by atoms with van der Waals surface area (Å²) in [6.07, 6.45) is 3.40. The number of anilines is 1. The van der Waals surface area contributed by atoms with Gasteiger partial charge in [0.15, 0.2) is 0 Å². The smallest absolute Gasteiger partial charge is 0.335 e. The Kier molecular flexibility index (Phi) is 6.54. The maximum absolute atomic E-state index is 13.4. The van der Waals surface area contributed by atoms with E-state index < -0.39 is 17.8 Å². The quantitative estimate of drug-likeness (QED) is 0.266. The largest absolute Gasteiger partial charge is 0.491 e. The van der Waals surface area contributed by atoms with E-state index in [9.17, 15) is 14.4 Å². The lowest BCUT2D eigenvalue weighted by molar-refractivity contribution is -0.122. The van der Waals surface area contributed by atoms with Crippen molar-refractivity contribution in [1.82, 2.24) is 9.88 Å². The third kappa shape index (κ3) is 4.73. The number of para-hydroxylation sites is 2. The fourth-order valence-electron chi connectivity index (χ4n) is 4.32. The molecular formula is C29H24ClN3O4. The van der Waals surface area contributed by atoms with Crippen LogP contribution in [0.3, 0.4) is 0 Å². The number of barbiturate groups is 1. The molecule has 4 aromatic rings. The van der Waals surface area contributed by atoms with Crippen molar-refractivity contribution in [3.05, 3.63) is 100 Å². The molecule has 0 spiro atoms. The van der Waals surface area contributed by atoms with E-state index in [0.717, 1.165) is 32.7 Å². The number of halogens is 1. The zero-order chi connectivity index (χ0) is 26.1. The van der Waals surface area contributed by atoms with Crippen LogP contribution in [0.4, 0.5) is 10.5 Å². The first-order chi connectivity index (χ1) is 17.8. The zero-order valence-corrected chi connectivity index (χ0v) is 21.1. The Morgan fingerprint density at radius 2 is 1.70 bits per heavy atom. The zero-order valence-electron chi connectivity index (χ0n) is 20.3. The molecule has 0 radical (unpaired) electrons. The molecule has 1 aliphatic heterocycles. The van der Waals surface area contributed by atoms with Gasteiger partial charge in [-0.15, -0.1) is 0 Å². The number of ether oxygens (including phenoxy) is 1. The predicted octanol–water partition coefficient (Wildman–Crippen LogP) is 5.66. The second kappa shape index (κ2) is 9.95. The lowest BCUT2D eigenvalue weighted by Crippen LogP contribution is -2.54. The molecule has 1 aromatic heterocycles. The summed E-state index contributed by atoms with van der Waals surface area (Å²) in [5, 5.41) is 3.55. The lowest BCUT2D eigenvalue weighted by Gasteiger charge is -2.26. The van der Waals surface area contributed by atoms with Crippen LogP contribution in [0.25, 0.3) is 17.0 Å². The Morgan fingerprint density at radius 1 is 0.946 bits per heavy atom. The molecule has 1 N–H and O–H groups in total. The van der Waals surface area contributed by atoms with E-state index >= 15 is 0 Å². The first-order valence-corrected chi connectivity index (χ1v) is 12.1. The lowest BCUT2D eigenvalue weighted by atomic mass is 10.1. The number of aromatic nitrogens is 1. The minimum absolute atomic E-state index is 0.143. The van der Waals surface area contributed by atoms with Crippen LogP contribution in [0.2, 0.25) is 5.02 Å². The van der Waals surface area contributed by atoms with Gasteiger partial charge < -0.3 is 9.30 Å². The van der Waals surface area contributed by atoms with Crippen molar-refractivity contribution < 1.29 is 19.1 Å². The molecule has 1 aliphatic rings. The van der Waals surface area contributed by atoms with Crippen molar-refractivity contribution in [2.45, 2.75) is 20.4 Å². The summed E-state index contributed by atoms with van der Waals surface area (Å²) >= 11 is 6.22. The van der Waals surface area contributed by atoms with Crippen LogP contribution in [0, 0.1) is 13.8 Å². The van der Waals surface area contributed by atoms with E-state index in [1.165, 1.54) is 12.1 Å². The molecule has 186 valence electrons.